The molecule has 6 heteroatoms. The van der Waals surface area contributed by atoms with Crippen LogP contribution >= 0.6 is 15.9 Å². The number of hydrogen-bond donors (Lipinski definition) is 0. The SMILES string of the molecule is O=S(=O)(c1ccccc1)n1ncc2cc(Br)ccc21. The molecule has 0 spiro atoms. The summed E-state index contributed by atoms with van der Waals surface area (Å²) < 4.78 is 26.9. The van der Waals surface area contributed by atoms with Crippen LogP contribution in [0.15, 0.2) is 64.1 Å². The summed E-state index contributed by atoms with van der Waals surface area (Å²) in [6.45, 7) is 0. The lowest BCUT2D eigenvalue weighted by atomic mass is 10.3. The van der Waals surface area contributed by atoms with Crippen molar-refractivity contribution >= 4 is 36.9 Å². The summed E-state index contributed by atoms with van der Waals surface area (Å²) in [7, 11) is -3.64. The number of benzene rings is 2. The van der Waals surface area contributed by atoms with Gasteiger partial charge < -0.3 is 0 Å². The van der Waals surface area contributed by atoms with Crippen LogP contribution in [0.4, 0.5) is 0 Å². The van der Waals surface area contributed by atoms with Crippen molar-refractivity contribution in [3.8, 4) is 0 Å². The summed E-state index contributed by atoms with van der Waals surface area (Å²) >= 11 is 3.35. The van der Waals surface area contributed by atoms with Crippen LogP contribution in [0, 0.1) is 0 Å². The lowest BCUT2D eigenvalue weighted by molar-refractivity contribution is 0.582. The number of halogens is 1. The Morgan fingerprint density at radius 1 is 1.05 bits per heavy atom. The fourth-order valence-corrected chi connectivity index (χ4v) is 3.54. The Balaban J connectivity index is 2.25. The average Bonchev–Trinajstić information content (AvgIpc) is 2.83. The molecule has 0 aliphatic carbocycles. The second kappa shape index (κ2) is 4.47. The predicted octanol–water partition coefficient (Wildman–Crippen LogP) is 3.04. The van der Waals surface area contributed by atoms with Gasteiger partial charge in [0.25, 0.3) is 10.0 Å². The van der Waals surface area contributed by atoms with E-state index in [2.05, 4.69) is 21.0 Å². The van der Waals surface area contributed by atoms with E-state index in [0.29, 0.717) is 5.52 Å². The van der Waals surface area contributed by atoms with Crippen molar-refractivity contribution in [2.75, 3.05) is 0 Å². The van der Waals surface area contributed by atoms with E-state index in [1.165, 1.54) is 0 Å². The topological polar surface area (TPSA) is 52.0 Å². The molecule has 0 saturated carbocycles. The second-order valence-electron chi connectivity index (χ2n) is 4.01. The molecule has 0 unspecified atom stereocenters. The maximum absolute atomic E-state index is 12.5. The zero-order valence-corrected chi connectivity index (χ0v) is 12.1. The van der Waals surface area contributed by atoms with Gasteiger partial charge in [-0.2, -0.15) is 17.6 Å². The standard InChI is InChI=1S/C13H9BrN2O2S/c14-11-6-7-13-10(8-11)9-15-16(13)19(17,18)12-4-2-1-3-5-12/h1-9H. The van der Waals surface area contributed by atoms with E-state index in [4.69, 9.17) is 0 Å². The molecule has 0 atom stereocenters. The predicted molar refractivity (Wildman–Crippen MR) is 76.5 cm³/mol. The van der Waals surface area contributed by atoms with Gasteiger partial charge in [-0.3, -0.25) is 0 Å². The molecule has 0 bridgehead atoms. The van der Waals surface area contributed by atoms with Crippen LogP contribution < -0.4 is 0 Å². The Morgan fingerprint density at radius 3 is 2.53 bits per heavy atom. The van der Waals surface area contributed by atoms with E-state index in [1.54, 1.807) is 48.7 Å². The van der Waals surface area contributed by atoms with E-state index >= 15 is 0 Å². The van der Waals surface area contributed by atoms with E-state index < -0.39 is 10.0 Å². The molecule has 1 aromatic heterocycles. The molecule has 0 amide bonds. The van der Waals surface area contributed by atoms with Gasteiger partial charge in [0.1, 0.15) is 0 Å². The Labute approximate surface area is 118 Å². The van der Waals surface area contributed by atoms with Gasteiger partial charge in [0.2, 0.25) is 0 Å². The molecule has 4 nitrogen and oxygen atoms in total. The molecule has 0 fully saturated rings. The highest BCUT2D eigenvalue weighted by Crippen LogP contribution is 2.23. The van der Waals surface area contributed by atoms with Crippen LogP contribution in [0.25, 0.3) is 10.9 Å². The highest BCUT2D eigenvalue weighted by molar-refractivity contribution is 9.10. The molecular formula is C13H9BrN2O2S. The number of aromatic nitrogens is 2. The van der Waals surface area contributed by atoms with E-state index in [0.717, 1.165) is 13.9 Å². The Bertz CT molecular complexity index is 841. The van der Waals surface area contributed by atoms with Crippen molar-refractivity contribution in [1.82, 2.24) is 9.19 Å². The van der Waals surface area contributed by atoms with Crippen molar-refractivity contribution in [1.29, 1.82) is 0 Å². The minimum atomic E-state index is -3.64. The Kier molecular flexibility index (Phi) is 2.91. The third kappa shape index (κ3) is 2.06. The summed E-state index contributed by atoms with van der Waals surface area (Å²) in [5.74, 6) is 0. The molecule has 3 aromatic rings. The molecule has 1 heterocycles. The zero-order valence-electron chi connectivity index (χ0n) is 9.69. The maximum Gasteiger partial charge on any atom is 0.283 e. The molecule has 2 aromatic carbocycles. The lowest BCUT2D eigenvalue weighted by Gasteiger charge is -2.05. The van der Waals surface area contributed by atoms with Crippen LogP contribution in [0.2, 0.25) is 0 Å². The quantitative estimate of drug-likeness (QED) is 0.722. The van der Waals surface area contributed by atoms with Gasteiger partial charge in [0.05, 0.1) is 16.6 Å². The maximum atomic E-state index is 12.5. The van der Waals surface area contributed by atoms with Crippen LogP contribution in [0.3, 0.4) is 0 Å². The van der Waals surface area contributed by atoms with Crippen LogP contribution in [0.5, 0.6) is 0 Å². The molecule has 0 aliphatic rings. The minimum absolute atomic E-state index is 0.225. The second-order valence-corrected chi connectivity index (χ2v) is 6.69. The third-order valence-corrected chi connectivity index (χ3v) is 4.87. The Morgan fingerprint density at radius 2 is 1.79 bits per heavy atom. The largest absolute Gasteiger partial charge is 0.283 e. The highest BCUT2D eigenvalue weighted by Gasteiger charge is 2.19. The number of hydrogen-bond acceptors (Lipinski definition) is 3. The van der Waals surface area contributed by atoms with Gasteiger partial charge in [0.15, 0.2) is 0 Å². The van der Waals surface area contributed by atoms with Crippen LogP contribution in [0.1, 0.15) is 0 Å². The van der Waals surface area contributed by atoms with Crippen LogP contribution in [-0.2, 0) is 10.0 Å². The molecule has 0 N–H and O–H groups in total. The summed E-state index contributed by atoms with van der Waals surface area (Å²) in [5, 5.41) is 4.76. The normalized spacial score (nSPS) is 11.8. The molecule has 96 valence electrons. The van der Waals surface area contributed by atoms with Gasteiger partial charge in [-0.1, -0.05) is 34.1 Å². The van der Waals surface area contributed by atoms with E-state index in [-0.39, 0.29) is 4.90 Å². The molecule has 0 aliphatic heterocycles. The summed E-state index contributed by atoms with van der Waals surface area (Å²) in [6, 6.07) is 13.6. The average molecular weight is 337 g/mol. The van der Waals surface area contributed by atoms with Gasteiger partial charge in [-0.05, 0) is 30.3 Å². The molecule has 19 heavy (non-hydrogen) atoms. The number of rotatable bonds is 2. The lowest BCUT2D eigenvalue weighted by Crippen LogP contribution is -2.14. The van der Waals surface area contributed by atoms with Gasteiger partial charge in [-0.25, -0.2) is 0 Å². The summed E-state index contributed by atoms with van der Waals surface area (Å²) in [6.07, 6.45) is 1.54. The van der Waals surface area contributed by atoms with Gasteiger partial charge >= 0.3 is 0 Å². The zero-order chi connectivity index (χ0) is 13.5. The van der Waals surface area contributed by atoms with Crippen molar-refractivity contribution < 1.29 is 8.42 Å². The van der Waals surface area contributed by atoms with Crippen molar-refractivity contribution in [2.45, 2.75) is 4.90 Å². The highest BCUT2D eigenvalue weighted by atomic mass is 79.9. The first-order chi connectivity index (χ1) is 9.09. The Hall–Kier alpha value is -1.66. The fourth-order valence-electron chi connectivity index (χ4n) is 1.86. The summed E-state index contributed by atoms with van der Waals surface area (Å²) in [5.41, 5.74) is 0.562. The van der Waals surface area contributed by atoms with Crippen molar-refractivity contribution in [2.24, 2.45) is 0 Å². The first-order valence-electron chi connectivity index (χ1n) is 5.53. The first kappa shape index (κ1) is 12.4. The van der Waals surface area contributed by atoms with Gasteiger partial charge in [-0.15, -0.1) is 0 Å². The smallest absolute Gasteiger partial charge is 0.199 e. The molecule has 0 radical (unpaired) electrons. The third-order valence-electron chi connectivity index (χ3n) is 2.77. The molecule has 3 rings (SSSR count). The van der Waals surface area contributed by atoms with Crippen molar-refractivity contribution in [3.05, 3.63) is 59.2 Å². The monoisotopic (exact) mass is 336 g/mol. The summed E-state index contributed by atoms with van der Waals surface area (Å²) in [4.78, 5) is 0.225. The number of nitrogens with zero attached hydrogens (tertiary/aromatic N) is 2. The van der Waals surface area contributed by atoms with Gasteiger partial charge in [0, 0.05) is 9.86 Å². The van der Waals surface area contributed by atoms with E-state index in [1.807, 2.05) is 6.07 Å². The fraction of sp³-hybridized carbons (Fsp3) is 0. The van der Waals surface area contributed by atoms with Crippen molar-refractivity contribution in [3.63, 3.8) is 0 Å². The number of fused-ring (bicyclic) bond motifs is 1. The first-order valence-corrected chi connectivity index (χ1v) is 7.76. The van der Waals surface area contributed by atoms with Crippen LogP contribution in [-0.4, -0.2) is 17.6 Å². The molecular weight excluding hydrogens is 328 g/mol. The molecule has 0 saturated heterocycles. The minimum Gasteiger partial charge on any atom is -0.199 e. The van der Waals surface area contributed by atoms with E-state index in [9.17, 15) is 8.42 Å².